The van der Waals surface area contributed by atoms with Crippen molar-refractivity contribution in [1.82, 2.24) is 0 Å². The quantitative estimate of drug-likeness (QED) is 0.426. The number of ether oxygens (including phenoxy) is 1. The normalized spacial score (nSPS) is 19.4. The van der Waals surface area contributed by atoms with Crippen LogP contribution in [-0.2, 0) is 4.74 Å². The van der Waals surface area contributed by atoms with E-state index < -0.39 is 16.8 Å². The zero-order valence-electron chi connectivity index (χ0n) is 7.72. The van der Waals surface area contributed by atoms with Gasteiger partial charge in [0.2, 0.25) is 0 Å². The molecule has 0 bridgehead atoms. The van der Waals surface area contributed by atoms with Gasteiger partial charge in [0, 0.05) is 6.07 Å². The van der Waals surface area contributed by atoms with Crippen LogP contribution in [0.2, 0.25) is 0 Å². The molecule has 0 fully saturated rings. The lowest BCUT2D eigenvalue weighted by molar-refractivity contribution is -0.386. The van der Waals surface area contributed by atoms with E-state index in [9.17, 15) is 14.5 Å². The highest BCUT2D eigenvalue weighted by Gasteiger charge is 2.26. The average molecular weight is 209 g/mol. The zero-order chi connectivity index (χ0) is 10.8. The second kappa shape index (κ2) is 3.78. The minimum absolute atomic E-state index is 0.00347. The van der Waals surface area contributed by atoms with E-state index >= 15 is 0 Å². The summed E-state index contributed by atoms with van der Waals surface area (Å²) in [6.45, 7) is 0.357. The molecular formula is C10H8FNO3. The molecule has 5 heteroatoms. The zero-order valence-corrected chi connectivity index (χ0v) is 7.72. The Kier molecular flexibility index (Phi) is 2.47. The summed E-state index contributed by atoms with van der Waals surface area (Å²) in [7, 11) is 0. The van der Waals surface area contributed by atoms with Crippen LogP contribution in [0.3, 0.4) is 0 Å². The van der Waals surface area contributed by atoms with Gasteiger partial charge in [-0.1, -0.05) is 18.2 Å². The number of nitrogens with zero attached hydrogens (tertiary/aromatic N) is 1. The summed E-state index contributed by atoms with van der Waals surface area (Å²) >= 11 is 0. The molecule has 1 aromatic rings. The fourth-order valence-electron chi connectivity index (χ4n) is 1.54. The van der Waals surface area contributed by atoms with E-state index in [1.54, 1.807) is 12.2 Å². The minimum Gasteiger partial charge on any atom is -0.365 e. The monoisotopic (exact) mass is 209 g/mol. The third-order valence-corrected chi connectivity index (χ3v) is 2.19. The van der Waals surface area contributed by atoms with E-state index in [-0.39, 0.29) is 11.3 Å². The Morgan fingerprint density at radius 3 is 2.93 bits per heavy atom. The SMILES string of the molecule is O=[N+]([O-])c1cccc(F)c1C1C=CCO1. The molecule has 0 spiro atoms. The molecule has 1 aromatic carbocycles. The first kappa shape index (κ1) is 9.79. The van der Waals surface area contributed by atoms with E-state index in [1.165, 1.54) is 18.2 Å². The van der Waals surface area contributed by atoms with Gasteiger partial charge in [-0.25, -0.2) is 4.39 Å². The van der Waals surface area contributed by atoms with Crippen molar-refractivity contribution in [3.8, 4) is 0 Å². The van der Waals surface area contributed by atoms with E-state index in [0.29, 0.717) is 6.61 Å². The summed E-state index contributed by atoms with van der Waals surface area (Å²) in [4.78, 5) is 10.1. The molecule has 0 saturated carbocycles. The Morgan fingerprint density at radius 2 is 2.33 bits per heavy atom. The molecule has 1 heterocycles. The van der Waals surface area contributed by atoms with Crippen molar-refractivity contribution >= 4 is 5.69 Å². The third-order valence-electron chi connectivity index (χ3n) is 2.19. The van der Waals surface area contributed by atoms with Gasteiger partial charge in [-0.05, 0) is 6.07 Å². The summed E-state index contributed by atoms with van der Waals surface area (Å²) in [5.41, 5.74) is -0.247. The third kappa shape index (κ3) is 1.73. The van der Waals surface area contributed by atoms with Crippen molar-refractivity contribution in [2.45, 2.75) is 6.10 Å². The van der Waals surface area contributed by atoms with Gasteiger partial charge in [0.05, 0.1) is 17.1 Å². The van der Waals surface area contributed by atoms with Crippen LogP contribution in [0, 0.1) is 15.9 Å². The molecule has 0 aromatic heterocycles. The number of hydrogen-bond donors (Lipinski definition) is 0. The van der Waals surface area contributed by atoms with Crippen LogP contribution < -0.4 is 0 Å². The molecule has 1 aliphatic heterocycles. The van der Waals surface area contributed by atoms with Crippen LogP contribution in [0.4, 0.5) is 10.1 Å². The number of hydrogen-bond acceptors (Lipinski definition) is 3. The molecule has 1 aliphatic rings. The standard InChI is InChI=1S/C10H8FNO3/c11-7-3-1-4-8(12(13)14)10(7)9-5-2-6-15-9/h1-5,9H,6H2. The fourth-order valence-corrected chi connectivity index (χ4v) is 1.54. The van der Waals surface area contributed by atoms with E-state index in [2.05, 4.69) is 0 Å². The van der Waals surface area contributed by atoms with Gasteiger partial charge < -0.3 is 4.74 Å². The lowest BCUT2D eigenvalue weighted by Gasteiger charge is -2.09. The highest BCUT2D eigenvalue weighted by molar-refractivity contribution is 5.44. The van der Waals surface area contributed by atoms with E-state index in [4.69, 9.17) is 4.74 Å². The number of nitro benzene ring substituents is 1. The molecule has 0 N–H and O–H groups in total. The van der Waals surface area contributed by atoms with Crippen LogP contribution in [0.1, 0.15) is 11.7 Å². The van der Waals surface area contributed by atoms with Gasteiger partial charge in [-0.2, -0.15) is 0 Å². The molecular weight excluding hydrogens is 201 g/mol. The molecule has 0 amide bonds. The van der Waals surface area contributed by atoms with Crippen LogP contribution in [0.5, 0.6) is 0 Å². The summed E-state index contributed by atoms with van der Waals surface area (Å²) in [6.07, 6.45) is 2.68. The molecule has 1 unspecified atom stereocenters. The molecule has 78 valence electrons. The molecule has 2 rings (SSSR count). The lowest BCUT2D eigenvalue weighted by atomic mass is 10.1. The average Bonchev–Trinajstić information content (AvgIpc) is 2.70. The Morgan fingerprint density at radius 1 is 1.53 bits per heavy atom. The van der Waals surface area contributed by atoms with Crippen molar-refractivity contribution in [3.63, 3.8) is 0 Å². The van der Waals surface area contributed by atoms with Crippen molar-refractivity contribution < 1.29 is 14.1 Å². The van der Waals surface area contributed by atoms with Crippen LogP contribution in [0.25, 0.3) is 0 Å². The predicted octanol–water partition coefficient (Wildman–Crippen LogP) is 2.36. The van der Waals surface area contributed by atoms with E-state index in [0.717, 1.165) is 0 Å². The van der Waals surface area contributed by atoms with Crippen LogP contribution in [0.15, 0.2) is 30.4 Å². The molecule has 15 heavy (non-hydrogen) atoms. The Balaban J connectivity index is 2.51. The molecule has 4 nitrogen and oxygen atoms in total. The van der Waals surface area contributed by atoms with Crippen LogP contribution in [-0.4, -0.2) is 11.5 Å². The summed E-state index contributed by atoms with van der Waals surface area (Å²) in [5, 5.41) is 10.7. The first-order valence-electron chi connectivity index (χ1n) is 4.41. The fraction of sp³-hybridized carbons (Fsp3) is 0.200. The Hall–Kier alpha value is -1.75. The molecule has 0 saturated heterocycles. The summed E-state index contributed by atoms with van der Waals surface area (Å²) in [5.74, 6) is -0.610. The number of nitro groups is 1. The highest BCUT2D eigenvalue weighted by atomic mass is 19.1. The van der Waals surface area contributed by atoms with Gasteiger partial charge in [-0.15, -0.1) is 0 Å². The topological polar surface area (TPSA) is 52.4 Å². The van der Waals surface area contributed by atoms with Crippen molar-refractivity contribution in [2.75, 3.05) is 6.61 Å². The Labute approximate surface area is 85.1 Å². The van der Waals surface area contributed by atoms with Gasteiger partial charge in [-0.3, -0.25) is 10.1 Å². The summed E-state index contributed by atoms with van der Waals surface area (Å²) in [6, 6.07) is 3.78. The number of rotatable bonds is 2. The van der Waals surface area contributed by atoms with Crippen molar-refractivity contribution in [3.05, 3.63) is 51.8 Å². The lowest BCUT2D eigenvalue weighted by Crippen LogP contribution is -2.04. The second-order valence-corrected chi connectivity index (χ2v) is 3.11. The first-order valence-corrected chi connectivity index (χ1v) is 4.41. The first-order chi connectivity index (χ1) is 7.20. The maximum Gasteiger partial charge on any atom is 0.278 e. The largest absolute Gasteiger partial charge is 0.365 e. The smallest absolute Gasteiger partial charge is 0.278 e. The molecule has 1 atom stereocenters. The second-order valence-electron chi connectivity index (χ2n) is 3.11. The maximum atomic E-state index is 13.4. The maximum absolute atomic E-state index is 13.4. The van der Waals surface area contributed by atoms with Gasteiger partial charge >= 0.3 is 0 Å². The number of halogens is 1. The summed E-state index contributed by atoms with van der Waals surface area (Å²) < 4.78 is 18.6. The van der Waals surface area contributed by atoms with E-state index in [1.807, 2.05) is 0 Å². The van der Waals surface area contributed by atoms with Crippen molar-refractivity contribution in [1.29, 1.82) is 0 Å². The van der Waals surface area contributed by atoms with Gasteiger partial charge in [0.1, 0.15) is 11.9 Å². The van der Waals surface area contributed by atoms with Crippen molar-refractivity contribution in [2.24, 2.45) is 0 Å². The minimum atomic E-state index is -0.647. The number of benzene rings is 1. The Bertz CT molecular complexity index is 431. The molecule has 0 radical (unpaired) electrons. The highest BCUT2D eigenvalue weighted by Crippen LogP contribution is 2.32. The molecule has 0 aliphatic carbocycles. The predicted molar refractivity (Wildman–Crippen MR) is 50.9 cm³/mol. The van der Waals surface area contributed by atoms with Gasteiger partial charge in [0.15, 0.2) is 0 Å². The van der Waals surface area contributed by atoms with Crippen LogP contribution >= 0.6 is 0 Å². The van der Waals surface area contributed by atoms with Gasteiger partial charge in [0.25, 0.3) is 5.69 Å².